The minimum atomic E-state index is -1.04. The molecule has 0 fully saturated rings. The average molecular weight is 384 g/mol. The summed E-state index contributed by atoms with van der Waals surface area (Å²) in [6.45, 7) is 0.227. The fourth-order valence-corrected chi connectivity index (χ4v) is 3.75. The Kier molecular flexibility index (Phi) is 3.42. The molecule has 1 aliphatic rings. The maximum atomic E-state index is 11.2. The molecule has 1 aromatic heterocycles. The van der Waals surface area contributed by atoms with E-state index in [4.69, 9.17) is 0 Å². The third kappa shape index (κ3) is 2.06. The Labute approximate surface area is 147 Å². The molecule has 120 valence electrons. The number of nitrogens with zero attached hydrogens (tertiary/aromatic N) is 2. The Morgan fingerprint density at radius 2 is 1.96 bits per heavy atom. The van der Waals surface area contributed by atoms with Crippen molar-refractivity contribution in [1.29, 1.82) is 0 Å². The minimum Gasteiger partial charge on any atom is -0.465 e. The van der Waals surface area contributed by atoms with Crippen molar-refractivity contribution in [1.82, 2.24) is 14.9 Å². The number of amides is 1. The molecule has 0 bridgehead atoms. The predicted octanol–water partition coefficient (Wildman–Crippen LogP) is 3.69. The Morgan fingerprint density at radius 1 is 1.21 bits per heavy atom. The van der Waals surface area contributed by atoms with Gasteiger partial charge in [0, 0.05) is 22.4 Å². The largest absolute Gasteiger partial charge is 0.465 e. The fourth-order valence-electron chi connectivity index (χ4n) is 3.49. The summed E-state index contributed by atoms with van der Waals surface area (Å²) in [7, 11) is 0. The molecule has 4 rings (SSSR count). The van der Waals surface area contributed by atoms with Crippen LogP contribution in [0.2, 0.25) is 0 Å². The molecule has 1 amide bonds. The van der Waals surface area contributed by atoms with Gasteiger partial charge in [-0.2, -0.15) is 0 Å². The van der Waals surface area contributed by atoms with Gasteiger partial charge in [0.2, 0.25) is 0 Å². The Balaban J connectivity index is 2.00. The summed E-state index contributed by atoms with van der Waals surface area (Å²) < 4.78 is 3.03. The quantitative estimate of drug-likeness (QED) is 0.724. The van der Waals surface area contributed by atoms with Gasteiger partial charge in [0.15, 0.2) is 0 Å². The normalized spacial score (nSPS) is 18.0. The lowest BCUT2D eigenvalue weighted by atomic mass is 9.82. The van der Waals surface area contributed by atoms with E-state index in [0.717, 1.165) is 27.0 Å². The number of benzene rings is 2. The van der Waals surface area contributed by atoms with E-state index in [9.17, 15) is 9.90 Å². The van der Waals surface area contributed by atoms with Gasteiger partial charge in [0.1, 0.15) is 11.4 Å². The zero-order chi connectivity index (χ0) is 16.7. The van der Waals surface area contributed by atoms with E-state index in [2.05, 4.69) is 30.8 Å². The molecular formula is C18H14BrN3O2. The van der Waals surface area contributed by atoms with Crippen molar-refractivity contribution in [2.75, 3.05) is 6.54 Å². The third-order valence-corrected chi connectivity index (χ3v) is 5.01. The van der Waals surface area contributed by atoms with E-state index in [1.807, 2.05) is 54.7 Å². The molecule has 5 nitrogen and oxygen atoms in total. The van der Waals surface area contributed by atoms with E-state index in [1.54, 1.807) is 6.20 Å². The summed E-state index contributed by atoms with van der Waals surface area (Å²) in [6.07, 6.45) is 2.61. The van der Waals surface area contributed by atoms with E-state index >= 15 is 0 Å². The van der Waals surface area contributed by atoms with Crippen LogP contribution in [0, 0.1) is 0 Å². The van der Waals surface area contributed by atoms with Crippen LogP contribution < -0.4 is 5.32 Å². The van der Waals surface area contributed by atoms with Gasteiger partial charge in [-0.1, -0.05) is 52.3 Å². The second-order valence-electron chi connectivity index (χ2n) is 5.69. The Bertz CT molecular complexity index is 920. The lowest BCUT2D eigenvalue weighted by Crippen LogP contribution is -2.44. The molecule has 2 N–H and O–H groups in total. The molecule has 6 heteroatoms. The first-order valence-electron chi connectivity index (χ1n) is 7.49. The molecule has 1 atom stereocenters. The molecular weight excluding hydrogens is 370 g/mol. The molecule has 0 radical (unpaired) electrons. The van der Waals surface area contributed by atoms with Crippen LogP contribution in [0.5, 0.6) is 0 Å². The highest BCUT2D eigenvalue weighted by molar-refractivity contribution is 9.10. The first-order valence-corrected chi connectivity index (χ1v) is 8.29. The minimum absolute atomic E-state index is 0.227. The lowest BCUT2D eigenvalue weighted by molar-refractivity contribution is 0.191. The fraction of sp³-hybridized carbons (Fsp3) is 0.111. The number of halogens is 1. The molecule has 1 unspecified atom stereocenters. The van der Waals surface area contributed by atoms with Gasteiger partial charge in [-0.15, -0.1) is 0 Å². The standard InChI is InChI=1S/C18H14BrN3O2/c19-13-7-5-12(6-8-13)18(11-21-17(23)24)15-4-2-1-3-14(15)16-20-9-10-22(16)18/h1-10,21H,11H2,(H,23,24). The maximum Gasteiger partial charge on any atom is 0.404 e. The monoisotopic (exact) mass is 383 g/mol. The number of carboxylic acid groups (broad SMARTS) is 1. The van der Waals surface area contributed by atoms with E-state index in [0.29, 0.717) is 0 Å². The van der Waals surface area contributed by atoms with Crippen molar-refractivity contribution < 1.29 is 9.90 Å². The van der Waals surface area contributed by atoms with Crippen LogP contribution >= 0.6 is 15.9 Å². The summed E-state index contributed by atoms with van der Waals surface area (Å²) >= 11 is 3.46. The van der Waals surface area contributed by atoms with Crippen molar-refractivity contribution in [3.8, 4) is 11.4 Å². The van der Waals surface area contributed by atoms with Gasteiger partial charge in [-0.25, -0.2) is 9.78 Å². The summed E-state index contributed by atoms with van der Waals surface area (Å²) in [5.74, 6) is 0.848. The summed E-state index contributed by atoms with van der Waals surface area (Å²) in [4.78, 5) is 15.7. The lowest BCUT2D eigenvalue weighted by Gasteiger charge is -2.33. The average Bonchev–Trinajstić information content (AvgIpc) is 3.15. The van der Waals surface area contributed by atoms with Crippen LogP contribution in [-0.4, -0.2) is 27.3 Å². The van der Waals surface area contributed by atoms with Gasteiger partial charge < -0.3 is 15.0 Å². The summed E-state index contributed by atoms with van der Waals surface area (Å²) in [5.41, 5.74) is 2.42. The molecule has 0 aliphatic carbocycles. The molecule has 2 heterocycles. The van der Waals surface area contributed by atoms with Gasteiger partial charge in [-0.3, -0.25) is 0 Å². The molecule has 3 aromatic rings. The van der Waals surface area contributed by atoms with Crippen molar-refractivity contribution >= 4 is 22.0 Å². The molecule has 0 saturated heterocycles. The smallest absolute Gasteiger partial charge is 0.404 e. The molecule has 2 aromatic carbocycles. The van der Waals surface area contributed by atoms with Crippen molar-refractivity contribution in [2.45, 2.75) is 5.54 Å². The first kappa shape index (κ1) is 15.0. The van der Waals surface area contributed by atoms with E-state index < -0.39 is 11.6 Å². The number of hydrogen-bond donors (Lipinski definition) is 2. The third-order valence-electron chi connectivity index (χ3n) is 4.48. The van der Waals surface area contributed by atoms with Crippen LogP contribution in [0.1, 0.15) is 11.1 Å². The number of carbonyl (C=O) groups is 1. The van der Waals surface area contributed by atoms with Gasteiger partial charge in [0.25, 0.3) is 0 Å². The molecule has 0 saturated carbocycles. The topological polar surface area (TPSA) is 67.2 Å². The second kappa shape index (κ2) is 5.49. The SMILES string of the molecule is O=C(O)NCC1(c2ccc(Br)cc2)c2ccccc2-c2nccn21. The first-order chi connectivity index (χ1) is 11.6. The number of nitrogens with one attached hydrogen (secondary N) is 1. The van der Waals surface area contributed by atoms with E-state index in [-0.39, 0.29) is 6.54 Å². The van der Waals surface area contributed by atoms with Crippen molar-refractivity contribution in [2.24, 2.45) is 0 Å². The highest BCUT2D eigenvalue weighted by Crippen LogP contribution is 2.46. The van der Waals surface area contributed by atoms with E-state index in [1.165, 1.54) is 0 Å². The Morgan fingerprint density at radius 3 is 2.71 bits per heavy atom. The second-order valence-corrected chi connectivity index (χ2v) is 6.61. The van der Waals surface area contributed by atoms with Crippen molar-refractivity contribution in [3.63, 3.8) is 0 Å². The molecule has 1 aliphatic heterocycles. The highest BCUT2D eigenvalue weighted by Gasteiger charge is 2.45. The number of hydrogen-bond acceptors (Lipinski definition) is 2. The number of fused-ring (bicyclic) bond motifs is 3. The van der Waals surface area contributed by atoms with Crippen LogP contribution in [0.3, 0.4) is 0 Å². The zero-order valence-electron chi connectivity index (χ0n) is 12.6. The Hall–Kier alpha value is -2.60. The number of rotatable bonds is 3. The zero-order valence-corrected chi connectivity index (χ0v) is 14.2. The van der Waals surface area contributed by atoms with Gasteiger partial charge in [-0.05, 0) is 23.3 Å². The van der Waals surface area contributed by atoms with Gasteiger partial charge >= 0.3 is 6.09 Å². The highest BCUT2D eigenvalue weighted by atomic mass is 79.9. The van der Waals surface area contributed by atoms with Gasteiger partial charge in [0.05, 0.1) is 6.54 Å². The van der Waals surface area contributed by atoms with Crippen LogP contribution in [-0.2, 0) is 5.54 Å². The maximum absolute atomic E-state index is 11.2. The molecule has 24 heavy (non-hydrogen) atoms. The van der Waals surface area contributed by atoms with Crippen molar-refractivity contribution in [3.05, 3.63) is 76.5 Å². The number of imidazole rings is 1. The number of aromatic nitrogens is 2. The van der Waals surface area contributed by atoms with Crippen LogP contribution in [0.4, 0.5) is 4.79 Å². The molecule has 0 spiro atoms. The summed E-state index contributed by atoms with van der Waals surface area (Å²) in [5, 5.41) is 11.8. The van der Waals surface area contributed by atoms with Crippen LogP contribution in [0.15, 0.2) is 65.4 Å². The predicted molar refractivity (Wildman–Crippen MR) is 94.0 cm³/mol. The summed E-state index contributed by atoms with van der Waals surface area (Å²) in [6, 6.07) is 16.0. The van der Waals surface area contributed by atoms with Crippen LogP contribution in [0.25, 0.3) is 11.4 Å².